The highest BCUT2D eigenvalue weighted by molar-refractivity contribution is 9.10. The first-order chi connectivity index (χ1) is 16.1. The second-order valence-electron chi connectivity index (χ2n) is 7.58. The molecule has 0 atom stereocenters. The van der Waals surface area contributed by atoms with Gasteiger partial charge >= 0.3 is 0 Å². The highest BCUT2D eigenvalue weighted by Crippen LogP contribution is 2.27. The zero-order chi connectivity index (χ0) is 22.8. The van der Waals surface area contributed by atoms with E-state index in [2.05, 4.69) is 77.8 Å². The normalized spacial score (nSPS) is 11.5. The summed E-state index contributed by atoms with van der Waals surface area (Å²) in [7, 11) is 0. The van der Waals surface area contributed by atoms with Gasteiger partial charge in [0.25, 0.3) is 5.91 Å². The number of fused-ring (bicyclic) bond motifs is 2. The zero-order valence-corrected chi connectivity index (χ0v) is 20.5. The van der Waals surface area contributed by atoms with Crippen LogP contribution in [0.1, 0.15) is 21.6 Å². The summed E-state index contributed by atoms with van der Waals surface area (Å²) < 4.78 is 3.36. The molecule has 1 aromatic heterocycles. The SMILES string of the molecule is O=C(N/N=C/c1c2ccccc2cc2ccccc12)c1nn(Cc2ccc(Br)cc2)cc1Br. The molecule has 33 heavy (non-hydrogen) atoms. The van der Waals surface area contributed by atoms with Gasteiger partial charge in [0.2, 0.25) is 0 Å². The number of hydrogen-bond acceptors (Lipinski definition) is 3. The lowest BCUT2D eigenvalue weighted by Crippen LogP contribution is -2.19. The van der Waals surface area contributed by atoms with Crippen molar-refractivity contribution in [1.82, 2.24) is 15.2 Å². The number of halogens is 2. The predicted molar refractivity (Wildman–Crippen MR) is 140 cm³/mol. The number of benzene rings is 4. The number of hydrazone groups is 1. The summed E-state index contributed by atoms with van der Waals surface area (Å²) in [5, 5.41) is 13.1. The van der Waals surface area contributed by atoms with Gasteiger partial charge in [-0.1, -0.05) is 76.6 Å². The van der Waals surface area contributed by atoms with Crippen molar-refractivity contribution in [2.24, 2.45) is 5.10 Å². The summed E-state index contributed by atoms with van der Waals surface area (Å²) in [6, 6.07) is 26.5. The van der Waals surface area contributed by atoms with Gasteiger partial charge in [0.05, 0.1) is 17.2 Å². The molecule has 5 aromatic rings. The molecule has 5 nitrogen and oxygen atoms in total. The first kappa shape index (κ1) is 21.6. The number of carbonyl (C=O) groups is 1. The van der Waals surface area contributed by atoms with E-state index in [1.807, 2.05) is 48.5 Å². The molecule has 0 aliphatic carbocycles. The maximum absolute atomic E-state index is 12.8. The molecule has 0 saturated carbocycles. The third-order valence-corrected chi connectivity index (χ3v) is 6.47. The van der Waals surface area contributed by atoms with E-state index in [0.717, 1.165) is 37.1 Å². The van der Waals surface area contributed by atoms with E-state index in [-0.39, 0.29) is 11.6 Å². The van der Waals surface area contributed by atoms with Gasteiger partial charge in [-0.3, -0.25) is 9.48 Å². The van der Waals surface area contributed by atoms with Crippen molar-refractivity contribution in [3.8, 4) is 0 Å². The number of amides is 1. The summed E-state index contributed by atoms with van der Waals surface area (Å²) in [5.41, 5.74) is 4.95. The van der Waals surface area contributed by atoms with Crippen LogP contribution in [-0.2, 0) is 6.54 Å². The van der Waals surface area contributed by atoms with E-state index < -0.39 is 0 Å². The van der Waals surface area contributed by atoms with Crippen molar-refractivity contribution < 1.29 is 4.79 Å². The maximum atomic E-state index is 12.8. The molecule has 0 radical (unpaired) electrons. The Morgan fingerprint density at radius 2 is 1.58 bits per heavy atom. The van der Waals surface area contributed by atoms with Crippen LogP contribution in [0.15, 0.2) is 99.1 Å². The molecule has 0 aliphatic heterocycles. The van der Waals surface area contributed by atoms with E-state index in [0.29, 0.717) is 11.0 Å². The summed E-state index contributed by atoms with van der Waals surface area (Å²) in [6.07, 6.45) is 3.49. The van der Waals surface area contributed by atoms with Crippen molar-refractivity contribution in [2.75, 3.05) is 0 Å². The summed E-state index contributed by atoms with van der Waals surface area (Å²) in [5.74, 6) is -0.378. The molecule has 1 heterocycles. The van der Waals surface area contributed by atoms with Crippen LogP contribution in [0.4, 0.5) is 0 Å². The Balaban J connectivity index is 1.38. The highest BCUT2D eigenvalue weighted by Gasteiger charge is 2.15. The standard InChI is InChI=1S/C26H18Br2N4O/c27-20-11-9-17(10-12-20)15-32-16-24(28)25(31-32)26(33)30-29-14-23-21-7-3-1-5-18(21)13-19-6-2-4-8-22(19)23/h1-14,16H,15H2,(H,30,33)/b29-14+. The fraction of sp³-hybridized carbons (Fsp3) is 0.0385. The maximum Gasteiger partial charge on any atom is 0.293 e. The lowest BCUT2D eigenvalue weighted by molar-refractivity contribution is 0.0948. The Labute approximate surface area is 207 Å². The van der Waals surface area contributed by atoms with Crippen LogP contribution >= 0.6 is 31.9 Å². The molecular formula is C26H18Br2N4O. The van der Waals surface area contributed by atoms with Crippen LogP contribution in [0.3, 0.4) is 0 Å². The molecule has 4 aromatic carbocycles. The van der Waals surface area contributed by atoms with Gasteiger partial charge in [-0.2, -0.15) is 10.2 Å². The summed E-state index contributed by atoms with van der Waals surface area (Å²) in [6.45, 7) is 0.560. The third-order valence-electron chi connectivity index (χ3n) is 5.36. The number of rotatable bonds is 5. The monoisotopic (exact) mass is 560 g/mol. The fourth-order valence-electron chi connectivity index (χ4n) is 3.81. The second kappa shape index (κ2) is 9.29. The molecule has 1 N–H and O–H groups in total. The minimum atomic E-state index is -0.378. The zero-order valence-electron chi connectivity index (χ0n) is 17.4. The van der Waals surface area contributed by atoms with Gasteiger partial charge in [0.1, 0.15) is 0 Å². The average Bonchev–Trinajstić information content (AvgIpc) is 3.20. The van der Waals surface area contributed by atoms with Crippen LogP contribution < -0.4 is 5.43 Å². The molecular weight excluding hydrogens is 544 g/mol. The molecule has 7 heteroatoms. The van der Waals surface area contributed by atoms with Crippen molar-refractivity contribution in [1.29, 1.82) is 0 Å². The van der Waals surface area contributed by atoms with Crippen LogP contribution in [-0.4, -0.2) is 21.9 Å². The van der Waals surface area contributed by atoms with Crippen LogP contribution in [0.25, 0.3) is 21.5 Å². The van der Waals surface area contributed by atoms with Gasteiger partial charge in [-0.15, -0.1) is 0 Å². The highest BCUT2D eigenvalue weighted by atomic mass is 79.9. The van der Waals surface area contributed by atoms with Gasteiger partial charge in [-0.05, 0) is 61.2 Å². The van der Waals surface area contributed by atoms with Gasteiger partial charge in [0, 0.05) is 16.2 Å². The molecule has 0 aliphatic rings. The molecule has 0 fully saturated rings. The van der Waals surface area contributed by atoms with E-state index in [9.17, 15) is 4.79 Å². The Hall–Kier alpha value is -3.29. The lowest BCUT2D eigenvalue weighted by atomic mass is 9.97. The molecule has 1 amide bonds. The average molecular weight is 562 g/mol. The summed E-state index contributed by atoms with van der Waals surface area (Å²) in [4.78, 5) is 12.8. The fourth-order valence-corrected chi connectivity index (χ4v) is 4.57. The largest absolute Gasteiger partial charge is 0.293 e. The summed E-state index contributed by atoms with van der Waals surface area (Å²) >= 11 is 6.88. The molecule has 0 unspecified atom stereocenters. The third kappa shape index (κ3) is 4.60. The number of aromatic nitrogens is 2. The van der Waals surface area contributed by atoms with Crippen LogP contribution in [0.5, 0.6) is 0 Å². The topological polar surface area (TPSA) is 59.3 Å². The molecule has 5 rings (SSSR count). The number of nitrogens with zero attached hydrogens (tertiary/aromatic N) is 3. The van der Waals surface area contributed by atoms with Crippen molar-refractivity contribution in [3.63, 3.8) is 0 Å². The Morgan fingerprint density at radius 3 is 2.24 bits per heavy atom. The van der Waals surface area contributed by atoms with Gasteiger partial charge in [0.15, 0.2) is 5.69 Å². The van der Waals surface area contributed by atoms with Crippen molar-refractivity contribution >= 4 is 65.5 Å². The first-order valence-corrected chi connectivity index (χ1v) is 11.9. The Morgan fingerprint density at radius 1 is 0.939 bits per heavy atom. The van der Waals surface area contributed by atoms with E-state index >= 15 is 0 Å². The Kier molecular flexibility index (Phi) is 6.07. The van der Waals surface area contributed by atoms with Crippen molar-refractivity contribution in [3.05, 3.63) is 111 Å². The lowest BCUT2D eigenvalue weighted by Gasteiger charge is -2.07. The smallest absolute Gasteiger partial charge is 0.266 e. The Bertz CT molecular complexity index is 1450. The van der Waals surface area contributed by atoms with E-state index in [1.165, 1.54) is 0 Å². The van der Waals surface area contributed by atoms with E-state index in [1.54, 1.807) is 17.1 Å². The number of nitrogens with one attached hydrogen (secondary N) is 1. The second-order valence-corrected chi connectivity index (χ2v) is 9.35. The molecule has 162 valence electrons. The molecule has 0 spiro atoms. The minimum absolute atomic E-state index is 0.284. The molecule has 0 saturated heterocycles. The van der Waals surface area contributed by atoms with Crippen LogP contribution in [0.2, 0.25) is 0 Å². The minimum Gasteiger partial charge on any atom is -0.266 e. The quantitative estimate of drug-likeness (QED) is 0.151. The predicted octanol–water partition coefficient (Wildman–Crippen LogP) is 6.53. The van der Waals surface area contributed by atoms with Crippen molar-refractivity contribution in [2.45, 2.75) is 6.54 Å². The van der Waals surface area contributed by atoms with Crippen LogP contribution in [0, 0.1) is 0 Å². The number of carbonyl (C=O) groups excluding carboxylic acids is 1. The molecule has 0 bridgehead atoms. The van der Waals surface area contributed by atoms with Gasteiger partial charge in [-0.25, -0.2) is 5.43 Å². The van der Waals surface area contributed by atoms with E-state index in [4.69, 9.17) is 0 Å². The first-order valence-electron chi connectivity index (χ1n) is 10.3. The van der Waals surface area contributed by atoms with Gasteiger partial charge < -0.3 is 0 Å². The number of hydrogen-bond donors (Lipinski definition) is 1.